The van der Waals surface area contributed by atoms with Crippen LogP contribution in [-0.4, -0.2) is 11.0 Å². The molecule has 1 aromatic heterocycles. The second kappa shape index (κ2) is 10.4. The first-order valence-electron chi connectivity index (χ1n) is 11.3. The summed E-state index contributed by atoms with van der Waals surface area (Å²) in [5, 5.41) is 5.16. The highest BCUT2D eigenvalue weighted by molar-refractivity contribution is 5.90. The number of hydrogen-bond acceptors (Lipinski definition) is 2. The van der Waals surface area contributed by atoms with E-state index in [1.54, 1.807) is 49.4 Å². The summed E-state index contributed by atoms with van der Waals surface area (Å²) in [4.78, 5) is 17.7. The lowest BCUT2D eigenvalue weighted by Crippen LogP contribution is -2.50. The number of pyridine rings is 1. The number of amides is 2. The van der Waals surface area contributed by atoms with Crippen molar-refractivity contribution in [1.82, 2.24) is 10.3 Å². The van der Waals surface area contributed by atoms with Crippen LogP contribution in [-0.2, 0) is 18.1 Å². The van der Waals surface area contributed by atoms with Gasteiger partial charge in [-0.1, -0.05) is 42.5 Å². The second-order valence-electron chi connectivity index (χ2n) is 8.60. The van der Waals surface area contributed by atoms with E-state index in [4.69, 9.17) is 0 Å². The first kappa shape index (κ1) is 25.8. The van der Waals surface area contributed by atoms with Crippen molar-refractivity contribution in [1.29, 1.82) is 0 Å². The number of anilines is 1. The molecule has 190 valence electrons. The van der Waals surface area contributed by atoms with Gasteiger partial charge in [0.2, 0.25) is 0 Å². The summed E-state index contributed by atoms with van der Waals surface area (Å²) in [6.07, 6.45) is -3.09. The third kappa shape index (κ3) is 6.11. The molecule has 0 saturated carbocycles. The average molecular weight is 511 g/mol. The molecule has 1 heterocycles. The summed E-state index contributed by atoms with van der Waals surface area (Å²) in [5.74, 6) is -1.80. The molecule has 1 atom stereocenters. The van der Waals surface area contributed by atoms with Crippen molar-refractivity contribution in [2.45, 2.75) is 25.1 Å². The van der Waals surface area contributed by atoms with Gasteiger partial charge in [0, 0.05) is 24.4 Å². The molecule has 4 rings (SSSR count). The van der Waals surface area contributed by atoms with E-state index < -0.39 is 34.9 Å². The molecule has 0 aliphatic heterocycles. The summed E-state index contributed by atoms with van der Waals surface area (Å²) in [7, 11) is 0. The maximum atomic E-state index is 13.7. The molecule has 0 aliphatic rings. The van der Waals surface area contributed by atoms with E-state index in [-0.39, 0.29) is 23.4 Å². The number of rotatable bonds is 6. The first-order valence-corrected chi connectivity index (χ1v) is 11.3. The number of carbonyl (C=O) groups excluding carboxylic acids is 1. The van der Waals surface area contributed by atoms with Crippen LogP contribution in [0.25, 0.3) is 0 Å². The van der Waals surface area contributed by atoms with E-state index in [0.29, 0.717) is 11.6 Å². The molecule has 0 saturated heterocycles. The molecular weight excluding hydrogens is 489 g/mol. The van der Waals surface area contributed by atoms with Crippen LogP contribution >= 0.6 is 0 Å². The second-order valence-corrected chi connectivity index (χ2v) is 8.60. The Labute approximate surface area is 210 Å². The van der Waals surface area contributed by atoms with E-state index in [2.05, 4.69) is 15.6 Å². The number of hydrogen-bond donors (Lipinski definition) is 2. The van der Waals surface area contributed by atoms with E-state index in [1.165, 1.54) is 18.3 Å². The zero-order valence-corrected chi connectivity index (χ0v) is 19.6. The average Bonchev–Trinajstić information content (AvgIpc) is 2.83. The normalized spacial score (nSPS) is 13.0. The minimum Gasteiger partial charge on any atom is -0.322 e. The van der Waals surface area contributed by atoms with Crippen LogP contribution in [0, 0.1) is 18.6 Å². The third-order valence-electron chi connectivity index (χ3n) is 5.79. The lowest BCUT2D eigenvalue weighted by atomic mass is 9.79. The molecule has 0 bridgehead atoms. The SMILES string of the molecule is Cc1ccnc(C(Cc2ccccc2)(NC(=O)Nc2cc(F)cc(F)c2)c2cccc(C(F)(F)F)c2)c1. The van der Waals surface area contributed by atoms with Gasteiger partial charge in [0.25, 0.3) is 0 Å². The number of nitrogens with one attached hydrogen (secondary N) is 2. The fraction of sp³-hybridized carbons (Fsp3) is 0.143. The number of aryl methyl sites for hydroxylation is 1. The smallest absolute Gasteiger partial charge is 0.322 e. The Morgan fingerprint density at radius 3 is 2.16 bits per heavy atom. The summed E-state index contributed by atoms with van der Waals surface area (Å²) < 4.78 is 68.5. The molecule has 9 heteroatoms. The Hall–Kier alpha value is -4.27. The predicted octanol–water partition coefficient (Wildman–Crippen LogP) is 7.00. The predicted molar refractivity (Wildman–Crippen MR) is 130 cm³/mol. The summed E-state index contributed by atoms with van der Waals surface area (Å²) in [6.45, 7) is 1.79. The van der Waals surface area contributed by atoms with Gasteiger partial charge in [0.05, 0.1) is 11.3 Å². The van der Waals surface area contributed by atoms with Gasteiger partial charge in [0.15, 0.2) is 0 Å². The van der Waals surface area contributed by atoms with Gasteiger partial charge < -0.3 is 10.6 Å². The number of carbonyl (C=O) groups is 1. The van der Waals surface area contributed by atoms with Crippen molar-refractivity contribution in [3.8, 4) is 0 Å². The molecule has 0 aliphatic carbocycles. The number of aromatic nitrogens is 1. The van der Waals surface area contributed by atoms with Crippen LogP contribution in [0.5, 0.6) is 0 Å². The zero-order valence-electron chi connectivity index (χ0n) is 19.6. The quantitative estimate of drug-likeness (QED) is 0.274. The summed E-state index contributed by atoms with van der Waals surface area (Å²) >= 11 is 0. The molecular formula is C28H22F5N3O. The zero-order chi connectivity index (χ0) is 26.6. The van der Waals surface area contributed by atoms with Gasteiger partial charge in [-0.2, -0.15) is 13.2 Å². The molecule has 0 spiro atoms. The molecule has 4 nitrogen and oxygen atoms in total. The highest BCUT2D eigenvalue weighted by Gasteiger charge is 2.40. The minimum atomic E-state index is -4.63. The lowest BCUT2D eigenvalue weighted by molar-refractivity contribution is -0.137. The Morgan fingerprint density at radius 2 is 1.51 bits per heavy atom. The highest BCUT2D eigenvalue weighted by Crippen LogP contribution is 2.37. The highest BCUT2D eigenvalue weighted by atomic mass is 19.4. The van der Waals surface area contributed by atoms with Gasteiger partial charge in [-0.3, -0.25) is 4.98 Å². The fourth-order valence-corrected chi connectivity index (χ4v) is 4.14. The lowest BCUT2D eigenvalue weighted by Gasteiger charge is -2.36. The van der Waals surface area contributed by atoms with Gasteiger partial charge in [-0.05, 0) is 60.0 Å². The Kier molecular flexibility index (Phi) is 7.24. The maximum absolute atomic E-state index is 13.7. The maximum Gasteiger partial charge on any atom is 0.416 e. The van der Waals surface area contributed by atoms with Crippen molar-refractivity contribution in [3.63, 3.8) is 0 Å². The Balaban J connectivity index is 1.88. The standard InChI is InChI=1S/C28H22F5N3O/c1-18-10-11-34-25(12-18)27(17-19-6-3-2-4-7-19,20-8-5-9-21(13-20)28(31,32)33)36-26(37)35-24-15-22(29)14-23(30)16-24/h2-16H,17H2,1H3,(H2,35,36,37). The van der Waals surface area contributed by atoms with Crippen molar-refractivity contribution in [3.05, 3.63) is 131 Å². The van der Waals surface area contributed by atoms with Crippen molar-refractivity contribution >= 4 is 11.7 Å². The molecule has 1 unspecified atom stereocenters. The van der Waals surface area contributed by atoms with Crippen molar-refractivity contribution in [2.75, 3.05) is 5.32 Å². The Morgan fingerprint density at radius 1 is 0.838 bits per heavy atom. The number of alkyl halides is 3. The largest absolute Gasteiger partial charge is 0.416 e. The molecule has 2 N–H and O–H groups in total. The Bertz CT molecular complexity index is 1390. The van der Waals surface area contributed by atoms with Crippen LogP contribution in [0.3, 0.4) is 0 Å². The van der Waals surface area contributed by atoms with Crippen molar-refractivity contribution in [2.24, 2.45) is 0 Å². The van der Waals surface area contributed by atoms with Gasteiger partial charge in [0.1, 0.15) is 17.2 Å². The summed E-state index contributed by atoms with van der Waals surface area (Å²) in [5.41, 5.74) is -0.746. The molecule has 0 radical (unpaired) electrons. The topological polar surface area (TPSA) is 54.0 Å². The van der Waals surface area contributed by atoms with Gasteiger partial charge in [-0.15, -0.1) is 0 Å². The van der Waals surface area contributed by atoms with E-state index in [1.807, 2.05) is 0 Å². The summed E-state index contributed by atoms with van der Waals surface area (Å²) in [6, 6.07) is 18.5. The number of halogens is 5. The number of urea groups is 1. The van der Waals surface area contributed by atoms with Crippen LogP contribution < -0.4 is 10.6 Å². The molecule has 4 aromatic rings. The molecule has 0 fully saturated rings. The van der Waals surface area contributed by atoms with Crippen LogP contribution in [0.15, 0.2) is 91.1 Å². The van der Waals surface area contributed by atoms with Gasteiger partial charge >= 0.3 is 12.2 Å². The van der Waals surface area contributed by atoms with Crippen LogP contribution in [0.4, 0.5) is 32.4 Å². The minimum absolute atomic E-state index is 0.0382. The molecule has 3 aromatic carbocycles. The number of nitrogens with zero attached hydrogens (tertiary/aromatic N) is 1. The number of benzene rings is 3. The van der Waals surface area contributed by atoms with Gasteiger partial charge in [-0.25, -0.2) is 13.6 Å². The monoisotopic (exact) mass is 511 g/mol. The molecule has 37 heavy (non-hydrogen) atoms. The van der Waals surface area contributed by atoms with Crippen LogP contribution in [0.1, 0.15) is 27.9 Å². The van der Waals surface area contributed by atoms with E-state index in [9.17, 15) is 26.7 Å². The molecule has 2 amide bonds. The van der Waals surface area contributed by atoms with Crippen molar-refractivity contribution < 1.29 is 26.7 Å². The van der Waals surface area contributed by atoms with Crippen LogP contribution in [0.2, 0.25) is 0 Å². The van der Waals surface area contributed by atoms with E-state index in [0.717, 1.165) is 29.8 Å². The fourth-order valence-electron chi connectivity index (χ4n) is 4.14. The van der Waals surface area contributed by atoms with E-state index >= 15 is 0 Å². The third-order valence-corrected chi connectivity index (χ3v) is 5.79. The first-order chi connectivity index (χ1) is 17.5.